The zero-order valence-electron chi connectivity index (χ0n) is 17.1. The number of rotatable bonds is 6. The molecule has 5 nitrogen and oxygen atoms in total. The van der Waals surface area contributed by atoms with E-state index in [1.165, 1.54) is 0 Å². The van der Waals surface area contributed by atoms with Crippen molar-refractivity contribution in [3.63, 3.8) is 0 Å². The van der Waals surface area contributed by atoms with Crippen molar-refractivity contribution in [3.05, 3.63) is 65.7 Å². The number of likely N-dealkylation sites (N-methyl/N-ethyl adjacent to an activating group) is 1. The van der Waals surface area contributed by atoms with E-state index in [1.54, 1.807) is 6.07 Å². The summed E-state index contributed by atoms with van der Waals surface area (Å²) < 4.78 is 5.77. The number of fused-ring (bicyclic) bond motifs is 1. The van der Waals surface area contributed by atoms with Crippen LogP contribution < -0.4 is 15.0 Å². The van der Waals surface area contributed by atoms with E-state index >= 15 is 0 Å². The second-order valence-corrected chi connectivity index (χ2v) is 7.81. The summed E-state index contributed by atoms with van der Waals surface area (Å²) in [5, 5.41) is 5.59. The summed E-state index contributed by atoms with van der Waals surface area (Å²) in [6, 6.07) is 19.4. The second kappa shape index (κ2) is 9.37. The monoisotopic (exact) mass is 423 g/mol. The number of hydrogen-bond donors (Lipinski definition) is 1. The van der Waals surface area contributed by atoms with Crippen LogP contribution in [0.1, 0.15) is 6.92 Å². The average molecular weight is 424 g/mol. The van der Waals surface area contributed by atoms with Gasteiger partial charge in [0.15, 0.2) is 6.61 Å². The molecule has 0 unspecified atom stereocenters. The summed E-state index contributed by atoms with van der Waals surface area (Å²) in [6.45, 7) is 7.19. The van der Waals surface area contributed by atoms with Gasteiger partial charge in [0, 0.05) is 37.3 Å². The van der Waals surface area contributed by atoms with E-state index in [0.717, 1.165) is 49.2 Å². The van der Waals surface area contributed by atoms with Crippen LogP contribution in [0.3, 0.4) is 0 Å². The summed E-state index contributed by atoms with van der Waals surface area (Å²) in [6.07, 6.45) is 0. The second-order valence-electron chi connectivity index (χ2n) is 7.40. The van der Waals surface area contributed by atoms with Gasteiger partial charge in [-0.2, -0.15) is 0 Å². The number of anilines is 2. The summed E-state index contributed by atoms with van der Waals surface area (Å²) >= 11 is 6.52. The SMILES string of the molecule is CCN1CCN(c2ccc(NC(=O)COc3cccc4ccccc34)cc2Cl)CC1. The lowest BCUT2D eigenvalue weighted by molar-refractivity contribution is -0.118. The fraction of sp³-hybridized carbons (Fsp3) is 0.292. The van der Waals surface area contributed by atoms with Crippen LogP contribution in [0, 0.1) is 0 Å². The number of carbonyl (C=O) groups excluding carboxylic acids is 1. The van der Waals surface area contributed by atoms with Gasteiger partial charge in [-0.15, -0.1) is 0 Å². The van der Waals surface area contributed by atoms with Gasteiger partial charge in [0.2, 0.25) is 0 Å². The highest BCUT2D eigenvalue weighted by atomic mass is 35.5. The van der Waals surface area contributed by atoms with Gasteiger partial charge in [0.25, 0.3) is 5.91 Å². The van der Waals surface area contributed by atoms with Gasteiger partial charge in [-0.05, 0) is 36.2 Å². The maximum Gasteiger partial charge on any atom is 0.262 e. The molecule has 0 atom stereocenters. The normalized spacial score (nSPS) is 14.7. The van der Waals surface area contributed by atoms with Gasteiger partial charge in [-0.1, -0.05) is 54.9 Å². The highest BCUT2D eigenvalue weighted by molar-refractivity contribution is 6.33. The minimum absolute atomic E-state index is 0.0631. The number of carbonyl (C=O) groups is 1. The Morgan fingerprint density at radius 3 is 2.57 bits per heavy atom. The molecule has 1 N–H and O–H groups in total. The van der Waals surface area contributed by atoms with E-state index in [4.69, 9.17) is 16.3 Å². The number of ether oxygens (including phenoxy) is 1. The number of halogens is 1. The number of piperazine rings is 1. The Labute approximate surface area is 182 Å². The molecule has 0 bridgehead atoms. The minimum atomic E-state index is -0.219. The maximum absolute atomic E-state index is 12.4. The molecule has 156 valence electrons. The summed E-state index contributed by atoms with van der Waals surface area (Å²) in [4.78, 5) is 17.1. The molecule has 6 heteroatoms. The molecule has 1 aliphatic heterocycles. The Morgan fingerprint density at radius 2 is 1.80 bits per heavy atom. The fourth-order valence-electron chi connectivity index (χ4n) is 3.81. The van der Waals surface area contributed by atoms with Crippen molar-refractivity contribution < 1.29 is 9.53 Å². The van der Waals surface area contributed by atoms with Crippen molar-refractivity contribution in [2.24, 2.45) is 0 Å². The molecule has 1 amide bonds. The highest BCUT2D eigenvalue weighted by Gasteiger charge is 2.18. The molecular formula is C24H26ClN3O2. The predicted octanol–water partition coefficient (Wildman–Crippen LogP) is 4.65. The van der Waals surface area contributed by atoms with Crippen LogP contribution in [-0.4, -0.2) is 50.1 Å². The maximum atomic E-state index is 12.4. The zero-order chi connectivity index (χ0) is 20.9. The first kappa shape index (κ1) is 20.5. The topological polar surface area (TPSA) is 44.8 Å². The van der Waals surface area contributed by atoms with E-state index in [0.29, 0.717) is 16.5 Å². The third-order valence-electron chi connectivity index (χ3n) is 5.50. The molecule has 1 aliphatic rings. The van der Waals surface area contributed by atoms with Gasteiger partial charge in [-0.3, -0.25) is 4.79 Å². The van der Waals surface area contributed by atoms with E-state index in [-0.39, 0.29) is 12.5 Å². The lowest BCUT2D eigenvalue weighted by Crippen LogP contribution is -2.46. The van der Waals surface area contributed by atoms with E-state index in [9.17, 15) is 4.79 Å². The quantitative estimate of drug-likeness (QED) is 0.626. The van der Waals surface area contributed by atoms with Crippen LogP contribution in [0.4, 0.5) is 11.4 Å². The standard InChI is InChI=1S/C24H26ClN3O2/c1-2-27-12-14-28(15-13-27)22-11-10-19(16-21(22)25)26-24(29)17-30-23-9-5-7-18-6-3-4-8-20(18)23/h3-11,16H,2,12-15,17H2,1H3,(H,26,29). The van der Waals surface area contributed by atoms with Crippen molar-refractivity contribution >= 4 is 39.7 Å². The molecule has 0 saturated carbocycles. The van der Waals surface area contributed by atoms with Crippen LogP contribution in [0.5, 0.6) is 5.75 Å². The number of nitrogens with zero attached hydrogens (tertiary/aromatic N) is 2. The lowest BCUT2D eigenvalue weighted by atomic mass is 10.1. The van der Waals surface area contributed by atoms with Gasteiger partial charge in [0.05, 0.1) is 10.7 Å². The lowest BCUT2D eigenvalue weighted by Gasteiger charge is -2.36. The molecule has 3 aromatic carbocycles. The molecule has 0 aliphatic carbocycles. The molecule has 1 heterocycles. The Morgan fingerprint density at radius 1 is 1.03 bits per heavy atom. The molecule has 3 aromatic rings. The molecule has 1 fully saturated rings. The van der Waals surface area contributed by atoms with Crippen molar-refractivity contribution in [1.29, 1.82) is 0 Å². The Hall–Kier alpha value is -2.76. The van der Waals surface area contributed by atoms with Crippen molar-refractivity contribution in [2.75, 3.05) is 49.5 Å². The van der Waals surface area contributed by atoms with Crippen LogP contribution in [0.25, 0.3) is 10.8 Å². The third-order valence-corrected chi connectivity index (χ3v) is 5.80. The van der Waals surface area contributed by atoms with Crippen molar-refractivity contribution in [3.8, 4) is 5.75 Å². The number of benzene rings is 3. The van der Waals surface area contributed by atoms with Crippen LogP contribution in [0.2, 0.25) is 5.02 Å². The van der Waals surface area contributed by atoms with Crippen LogP contribution >= 0.6 is 11.6 Å². The molecule has 0 spiro atoms. The molecular weight excluding hydrogens is 398 g/mol. The van der Waals surface area contributed by atoms with Crippen LogP contribution in [0.15, 0.2) is 60.7 Å². The summed E-state index contributed by atoms with van der Waals surface area (Å²) in [5.41, 5.74) is 1.68. The van der Waals surface area contributed by atoms with Crippen molar-refractivity contribution in [1.82, 2.24) is 4.90 Å². The average Bonchev–Trinajstić information content (AvgIpc) is 2.78. The molecule has 30 heavy (non-hydrogen) atoms. The smallest absolute Gasteiger partial charge is 0.262 e. The van der Waals surface area contributed by atoms with E-state index in [2.05, 4.69) is 22.0 Å². The van der Waals surface area contributed by atoms with E-state index < -0.39 is 0 Å². The van der Waals surface area contributed by atoms with Gasteiger partial charge < -0.3 is 19.9 Å². The van der Waals surface area contributed by atoms with Gasteiger partial charge >= 0.3 is 0 Å². The summed E-state index contributed by atoms with van der Waals surface area (Å²) in [7, 11) is 0. The largest absolute Gasteiger partial charge is 0.483 e. The highest BCUT2D eigenvalue weighted by Crippen LogP contribution is 2.30. The summed E-state index contributed by atoms with van der Waals surface area (Å²) in [5.74, 6) is 0.478. The first-order valence-corrected chi connectivity index (χ1v) is 10.7. The Kier molecular flexibility index (Phi) is 6.41. The first-order chi connectivity index (χ1) is 14.6. The fourth-order valence-corrected chi connectivity index (χ4v) is 4.11. The van der Waals surface area contributed by atoms with Gasteiger partial charge in [-0.25, -0.2) is 0 Å². The predicted molar refractivity (Wildman–Crippen MR) is 124 cm³/mol. The molecule has 1 saturated heterocycles. The van der Waals surface area contributed by atoms with E-state index in [1.807, 2.05) is 54.6 Å². The van der Waals surface area contributed by atoms with Crippen LogP contribution in [-0.2, 0) is 4.79 Å². The zero-order valence-corrected chi connectivity index (χ0v) is 17.9. The number of nitrogens with one attached hydrogen (secondary N) is 1. The molecule has 0 radical (unpaired) electrons. The molecule has 0 aromatic heterocycles. The number of hydrogen-bond acceptors (Lipinski definition) is 4. The number of amides is 1. The third kappa shape index (κ3) is 4.69. The Balaban J connectivity index is 1.36. The first-order valence-electron chi connectivity index (χ1n) is 10.3. The Bertz CT molecular complexity index is 1030. The minimum Gasteiger partial charge on any atom is -0.483 e. The van der Waals surface area contributed by atoms with Gasteiger partial charge in [0.1, 0.15) is 5.75 Å². The van der Waals surface area contributed by atoms with Crippen molar-refractivity contribution in [2.45, 2.75) is 6.92 Å². The molecule has 4 rings (SSSR count).